The minimum Gasteiger partial charge on any atom is -0.332 e. The van der Waals surface area contributed by atoms with E-state index >= 15 is 0 Å². The molecule has 3 rings (SSSR count). The predicted octanol–water partition coefficient (Wildman–Crippen LogP) is 2.28. The minimum atomic E-state index is 0.601. The molecular weight excluding hydrogens is 298 g/mol. The molecule has 5 nitrogen and oxygen atoms in total. The van der Waals surface area contributed by atoms with E-state index in [1.54, 1.807) is 0 Å². The highest BCUT2D eigenvalue weighted by Crippen LogP contribution is 2.32. The summed E-state index contributed by atoms with van der Waals surface area (Å²) >= 11 is 0. The van der Waals surface area contributed by atoms with Crippen molar-refractivity contribution >= 4 is 5.95 Å². The van der Waals surface area contributed by atoms with E-state index in [-0.39, 0.29) is 0 Å². The van der Waals surface area contributed by atoms with E-state index in [0.717, 1.165) is 37.9 Å². The smallest absolute Gasteiger partial charge is 0.225 e. The largest absolute Gasteiger partial charge is 0.332 e. The van der Waals surface area contributed by atoms with Gasteiger partial charge >= 0.3 is 0 Å². The Hall–Kier alpha value is -1.20. The molecule has 0 spiro atoms. The average Bonchev–Trinajstić information content (AvgIpc) is 2.79. The fourth-order valence-electron chi connectivity index (χ4n) is 4.32. The minimum absolute atomic E-state index is 0.601. The Balaban J connectivity index is 1.51. The molecule has 2 atom stereocenters. The zero-order chi connectivity index (χ0) is 17.1. The summed E-state index contributed by atoms with van der Waals surface area (Å²) in [5.41, 5.74) is 1.26. The van der Waals surface area contributed by atoms with Gasteiger partial charge in [0.15, 0.2) is 0 Å². The average molecular weight is 332 g/mol. The number of fused-ring (bicyclic) bond motifs is 2. The van der Waals surface area contributed by atoms with Crippen molar-refractivity contribution in [1.29, 1.82) is 0 Å². The Labute approximate surface area is 147 Å². The molecule has 5 heteroatoms. The zero-order valence-corrected chi connectivity index (χ0v) is 15.8. The van der Waals surface area contributed by atoms with Gasteiger partial charge in [-0.15, -0.1) is 0 Å². The van der Waals surface area contributed by atoms with E-state index in [2.05, 4.69) is 42.6 Å². The van der Waals surface area contributed by atoms with E-state index in [1.165, 1.54) is 31.4 Å². The maximum absolute atomic E-state index is 4.70. The van der Waals surface area contributed by atoms with Crippen LogP contribution in [-0.2, 0) is 6.42 Å². The van der Waals surface area contributed by atoms with Gasteiger partial charge in [0.25, 0.3) is 0 Å². The highest BCUT2D eigenvalue weighted by Gasteiger charge is 2.39. The molecule has 1 aromatic heterocycles. The molecule has 0 aliphatic carbocycles. The molecule has 0 saturated carbocycles. The van der Waals surface area contributed by atoms with Gasteiger partial charge in [-0.25, -0.2) is 9.97 Å². The van der Waals surface area contributed by atoms with Crippen LogP contribution in [0.2, 0.25) is 0 Å². The molecule has 0 radical (unpaired) electrons. The number of rotatable bonds is 7. The molecular formula is C19H33N5. The third-order valence-corrected chi connectivity index (χ3v) is 5.27. The predicted molar refractivity (Wildman–Crippen MR) is 99.5 cm³/mol. The van der Waals surface area contributed by atoms with Crippen molar-refractivity contribution in [3.63, 3.8) is 0 Å². The molecule has 2 saturated heterocycles. The van der Waals surface area contributed by atoms with Gasteiger partial charge in [0.05, 0.1) is 0 Å². The standard InChI is InChI=1S/C19H33N5/c1-15(2)12-22(3)9-5-6-16-10-20-19(21-11-16)24-17-7-8-18(24)14-23(4)13-17/h10-11,15,17-18H,5-9,12-14H2,1-4H3. The van der Waals surface area contributed by atoms with E-state index < -0.39 is 0 Å². The second kappa shape index (κ2) is 7.79. The van der Waals surface area contributed by atoms with E-state index in [1.807, 2.05) is 12.4 Å². The fourth-order valence-corrected chi connectivity index (χ4v) is 4.32. The van der Waals surface area contributed by atoms with Gasteiger partial charge < -0.3 is 14.7 Å². The number of nitrogens with zero attached hydrogens (tertiary/aromatic N) is 5. The van der Waals surface area contributed by atoms with Crippen LogP contribution in [0, 0.1) is 5.92 Å². The van der Waals surface area contributed by atoms with Gasteiger partial charge in [0, 0.05) is 44.1 Å². The summed E-state index contributed by atoms with van der Waals surface area (Å²) in [6, 6.07) is 1.20. The number of piperazine rings is 1. The highest BCUT2D eigenvalue weighted by atomic mass is 15.4. The first-order valence-corrected chi connectivity index (χ1v) is 9.49. The van der Waals surface area contributed by atoms with Gasteiger partial charge in [0.1, 0.15) is 0 Å². The third kappa shape index (κ3) is 4.25. The lowest BCUT2D eigenvalue weighted by atomic mass is 10.1. The first kappa shape index (κ1) is 17.6. The van der Waals surface area contributed by atoms with E-state index in [4.69, 9.17) is 9.97 Å². The zero-order valence-electron chi connectivity index (χ0n) is 15.8. The molecule has 2 bridgehead atoms. The summed E-state index contributed by atoms with van der Waals surface area (Å²) in [5.74, 6) is 1.67. The van der Waals surface area contributed by atoms with Crippen LogP contribution in [0.4, 0.5) is 5.95 Å². The summed E-state index contributed by atoms with van der Waals surface area (Å²) < 4.78 is 0. The second-order valence-corrected chi connectivity index (χ2v) is 8.16. The van der Waals surface area contributed by atoms with Crippen LogP contribution >= 0.6 is 0 Å². The van der Waals surface area contributed by atoms with Gasteiger partial charge in [-0.3, -0.25) is 0 Å². The number of hydrogen-bond donors (Lipinski definition) is 0. The summed E-state index contributed by atoms with van der Waals surface area (Å²) in [6.07, 6.45) is 8.89. The van der Waals surface area contributed by atoms with Crippen LogP contribution in [-0.4, -0.2) is 72.1 Å². The molecule has 134 valence electrons. The Morgan fingerprint density at radius 3 is 2.38 bits per heavy atom. The molecule has 2 aliphatic heterocycles. The van der Waals surface area contributed by atoms with Crippen molar-refractivity contribution in [2.45, 2.75) is 51.6 Å². The van der Waals surface area contributed by atoms with Crippen molar-refractivity contribution < 1.29 is 0 Å². The van der Waals surface area contributed by atoms with E-state index in [0.29, 0.717) is 12.1 Å². The van der Waals surface area contributed by atoms with Crippen molar-refractivity contribution in [2.75, 3.05) is 45.2 Å². The number of likely N-dealkylation sites (N-methyl/N-ethyl adjacent to an activating group) is 1. The molecule has 2 aliphatic rings. The van der Waals surface area contributed by atoms with Crippen molar-refractivity contribution in [2.24, 2.45) is 5.92 Å². The van der Waals surface area contributed by atoms with Gasteiger partial charge in [0.2, 0.25) is 5.95 Å². The number of aryl methyl sites for hydroxylation is 1. The van der Waals surface area contributed by atoms with Gasteiger partial charge in [-0.2, -0.15) is 0 Å². The molecule has 24 heavy (non-hydrogen) atoms. The molecule has 1 aromatic rings. The Morgan fingerprint density at radius 1 is 1.17 bits per heavy atom. The van der Waals surface area contributed by atoms with Crippen LogP contribution in [0.25, 0.3) is 0 Å². The van der Waals surface area contributed by atoms with Crippen LogP contribution < -0.4 is 4.90 Å². The summed E-state index contributed by atoms with van der Waals surface area (Å²) in [4.78, 5) is 16.7. The van der Waals surface area contributed by atoms with Crippen molar-refractivity contribution in [3.8, 4) is 0 Å². The number of likely N-dealkylation sites (tertiary alicyclic amines) is 1. The first-order chi connectivity index (χ1) is 11.5. The lowest BCUT2D eigenvalue weighted by Crippen LogP contribution is -2.53. The molecule has 0 N–H and O–H groups in total. The van der Waals surface area contributed by atoms with Crippen LogP contribution in [0.15, 0.2) is 12.4 Å². The third-order valence-electron chi connectivity index (χ3n) is 5.27. The van der Waals surface area contributed by atoms with Crippen molar-refractivity contribution in [3.05, 3.63) is 18.0 Å². The molecule has 2 unspecified atom stereocenters. The summed E-state index contributed by atoms with van der Waals surface area (Å²) in [7, 11) is 4.44. The van der Waals surface area contributed by atoms with Crippen LogP contribution in [0.3, 0.4) is 0 Å². The number of aromatic nitrogens is 2. The summed E-state index contributed by atoms with van der Waals surface area (Å²) in [5, 5.41) is 0. The quantitative estimate of drug-likeness (QED) is 0.766. The Kier molecular flexibility index (Phi) is 5.72. The van der Waals surface area contributed by atoms with Crippen LogP contribution in [0.1, 0.15) is 38.7 Å². The topological polar surface area (TPSA) is 35.5 Å². The number of hydrogen-bond acceptors (Lipinski definition) is 5. The maximum Gasteiger partial charge on any atom is 0.225 e. The number of anilines is 1. The van der Waals surface area contributed by atoms with Crippen LogP contribution in [0.5, 0.6) is 0 Å². The second-order valence-electron chi connectivity index (χ2n) is 8.16. The van der Waals surface area contributed by atoms with E-state index in [9.17, 15) is 0 Å². The van der Waals surface area contributed by atoms with Gasteiger partial charge in [-0.05, 0) is 57.8 Å². The lowest BCUT2D eigenvalue weighted by Gasteiger charge is -2.39. The Bertz CT molecular complexity index is 501. The normalized spacial score (nSPS) is 24.3. The highest BCUT2D eigenvalue weighted by molar-refractivity contribution is 5.37. The lowest BCUT2D eigenvalue weighted by molar-refractivity contribution is 0.262. The maximum atomic E-state index is 4.70. The monoisotopic (exact) mass is 331 g/mol. The summed E-state index contributed by atoms with van der Waals surface area (Å²) in [6.45, 7) is 9.14. The molecule has 0 amide bonds. The van der Waals surface area contributed by atoms with Crippen molar-refractivity contribution in [1.82, 2.24) is 19.8 Å². The van der Waals surface area contributed by atoms with Gasteiger partial charge in [-0.1, -0.05) is 13.8 Å². The molecule has 0 aromatic carbocycles. The Morgan fingerprint density at radius 2 is 1.79 bits per heavy atom. The molecule has 2 fully saturated rings. The fraction of sp³-hybridized carbons (Fsp3) is 0.789. The molecule has 3 heterocycles. The SMILES string of the molecule is CC(C)CN(C)CCCc1cnc(N2C3CCC2CN(C)C3)nc1. The first-order valence-electron chi connectivity index (χ1n) is 9.49.